The topological polar surface area (TPSA) is 65.6 Å². The zero-order valence-corrected chi connectivity index (χ0v) is 27.0. The van der Waals surface area contributed by atoms with Gasteiger partial charge >= 0.3 is 5.97 Å². The van der Waals surface area contributed by atoms with E-state index in [1.165, 1.54) is 16.9 Å². The Balaban J connectivity index is 1.59. The molecule has 0 aliphatic carbocycles. The van der Waals surface area contributed by atoms with Crippen LogP contribution in [0.5, 0.6) is 0 Å². The Morgan fingerprint density at radius 1 is 1.00 bits per heavy atom. The van der Waals surface area contributed by atoms with Gasteiger partial charge in [0.1, 0.15) is 0 Å². The van der Waals surface area contributed by atoms with Crippen LogP contribution < -0.4 is 14.9 Å². The summed E-state index contributed by atoms with van der Waals surface area (Å²) in [6.45, 7) is 8.21. The first-order valence-electron chi connectivity index (χ1n) is 14.5. The molecule has 5 aromatic rings. The minimum absolute atomic E-state index is 0.193. The molecule has 6 nitrogen and oxygen atoms in total. The standard InChI is InChI=1S/C36H33N3O3S2/c1-6-42-35(41)31-32(25-10-8-7-9-11-25)37-36-39(33(31)26-14-18-29(43-5)19-15-26)34(40)30(44-36)21-27-20-23(3)38(24(27)4)28-16-12-22(2)13-17-28/h7-21,33H,6H2,1-5H3/b30-21-/t33-/m1/s1. The number of carbonyl (C=O) groups is 1. The lowest BCUT2D eigenvalue weighted by Gasteiger charge is -2.26. The van der Waals surface area contributed by atoms with Crippen molar-refractivity contribution in [2.75, 3.05) is 12.9 Å². The maximum absolute atomic E-state index is 14.3. The highest BCUT2D eigenvalue weighted by atomic mass is 32.2. The molecule has 0 saturated heterocycles. The van der Waals surface area contributed by atoms with Crippen molar-refractivity contribution >= 4 is 40.8 Å². The number of esters is 1. The Morgan fingerprint density at radius 2 is 1.70 bits per heavy atom. The summed E-state index contributed by atoms with van der Waals surface area (Å²) in [6.07, 6.45) is 3.96. The van der Waals surface area contributed by atoms with Crippen molar-refractivity contribution in [2.45, 2.75) is 38.6 Å². The normalized spacial score (nSPS) is 14.8. The minimum Gasteiger partial charge on any atom is -0.463 e. The van der Waals surface area contributed by atoms with Crippen LogP contribution in [0.4, 0.5) is 0 Å². The van der Waals surface area contributed by atoms with Crippen LogP contribution in [0, 0.1) is 20.8 Å². The average molecular weight is 620 g/mol. The number of fused-ring (bicyclic) bond motifs is 1. The van der Waals surface area contributed by atoms with Crippen LogP contribution in [0.15, 0.2) is 105 Å². The van der Waals surface area contributed by atoms with E-state index in [2.05, 4.69) is 55.7 Å². The monoisotopic (exact) mass is 619 g/mol. The number of benzene rings is 3. The molecule has 1 aliphatic heterocycles. The summed E-state index contributed by atoms with van der Waals surface area (Å²) in [5, 5.41) is 0. The molecule has 8 heteroatoms. The Kier molecular flexibility index (Phi) is 8.29. The van der Waals surface area contributed by atoms with Crippen molar-refractivity contribution in [3.63, 3.8) is 0 Å². The number of ether oxygens (including phenoxy) is 1. The predicted molar refractivity (Wildman–Crippen MR) is 179 cm³/mol. The Morgan fingerprint density at radius 3 is 2.36 bits per heavy atom. The maximum atomic E-state index is 14.3. The molecule has 0 amide bonds. The maximum Gasteiger partial charge on any atom is 0.338 e. The third-order valence-electron chi connectivity index (χ3n) is 7.85. The van der Waals surface area contributed by atoms with E-state index in [1.54, 1.807) is 23.3 Å². The summed E-state index contributed by atoms with van der Waals surface area (Å²) in [7, 11) is 0. The van der Waals surface area contributed by atoms with Gasteiger partial charge in [0.25, 0.3) is 5.56 Å². The molecule has 0 saturated carbocycles. The van der Waals surface area contributed by atoms with Crippen LogP contribution >= 0.6 is 23.1 Å². The first kappa shape index (κ1) is 29.7. The van der Waals surface area contributed by atoms with Crippen molar-refractivity contribution in [1.82, 2.24) is 9.13 Å². The molecule has 1 aliphatic rings. The smallest absolute Gasteiger partial charge is 0.338 e. The van der Waals surface area contributed by atoms with Gasteiger partial charge in [-0.2, -0.15) is 0 Å². The largest absolute Gasteiger partial charge is 0.463 e. The number of hydrogen-bond acceptors (Lipinski definition) is 6. The summed E-state index contributed by atoms with van der Waals surface area (Å²) in [5.41, 5.74) is 7.65. The molecule has 0 N–H and O–H groups in total. The zero-order chi connectivity index (χ0) is 31.0. The van der Waals surface area contributed by atoms with Gasteiger partial charge < -0.3 is 9.30 Å². The molecule has 3 heterocycles. The van der Waals surface area contributed by atoms with Gasteiger partial charge in [0.15, 0.2) is 4.80 Å². The van der Waals surface area contributed by atoms with Crippen LogP contribution in [0.25, 0.3) is 17.5 Å². The molecule has 1 atom stereocenters. The summed E-state index contributed by atoms with van der Waals surface area (Å²) in [4.78, 5) is 34.6. The molecule has 0 fully saturated rings. The van der Waals surface area contributed by atoms with Crippen molar-refractivity contribution < 1.29 is 9.53 Å². The first-order chi connectivity index (χ1) is 21.3. The van der Waals surface area contributed by atoms with Crippen LogP contribution in [-0.4, -0.2) is 28.0 Å². The van der Waals surface area contributed by atoms with Gasteiger partial charge in [0.2, 0.25) is 0 Å². The molecule has 0 radical (unpaired) electrons. The fourth-order valence-electron chi connectivity index (χ4n) is 5.71. The Bertz CT molecular complexity index is 2070. The number of carbonyl (C=O) groups excluding carboxylic acids is 1. The van der Waals surface area contributed by atoms with E-state index < -0.39 is 12.0 Å². The highest BCUT2D eigenvalue weighted by Crippen LogP contribution is 2.35. The summed E-state index contributed by atoms with van der Waals surface area (Å²) < 4.78 is 9.99. The second-order valence-electron chi connectivity index (χ2n) is 10.7. The van der Waals surface area contributed by atoms with Crippen molar-refractivity contribution in [3.05, 3.63) is 144 Å². The molecule has 2 aromatic heterocycles. The molecule has 0 bridgehead atoms. The van der Waals surface area contributed by atoms with E-state index >= 15 is 0 Å². The second kappa shape index (κ2) is 12.3. The van der Waals surface area contributed by atoms with Crippen LogP contribution in [-0.2, 0) is 9.53 Å². The van der Waals surface area contributed by atoms with E-state index in [4.69, 9.17) is 9.73 Å². The van der Waals surface area contributed by atoms with E-state index in [0.717, 1.165) is 38.7 Å². The molecular formula is C36H33N3O3S2. The first-order valence-corrected chi connectivity index (χ1v) is 16.5. The van der Waals surface area contributed by atoms with Gasteiger partial charge in [-0.3, -0.25) is 9.36 Å². The van der Waals surface area contributed by atoms with Gasteiger partial charge in [-0.05, 0) is 81.5 Å². The summed E-state index contributed by atoms with van der Waals surface area (Å²) >= 11 is 2.98. The Labute approximate surface area is 264 Å². The highest BCUT2D eigenvalue weighted by Gasteiger charge is 2.35. The number of aryl methyl sites for hydroxylation is 2. The lowest BCUT2D eigenvalue weighted by Crippen LogP contribution is -2.40. The van der Waals surface area contributed by atoms with Crippen LogP contribution in [0.2, 0.25) is 0 Å². The SMILES string of the molecule is CCOC(=O)C1=C(c2ccccc2)N=c2s/c(=C\c3cc(C)n(-c4ccc(C)cc4)c3C)c(=O)n2[C@@H]1c1ccc(SC)cc1. The highest BCUT2D eigenvalue weighted by molar-refractivity contribution is 7.98. The fraction of sp³-hybridized carbons (Fsp3) is 0.194. The van der Waals surface area contributed by atoms with Crippen molar-refractivity contribution in [2.24, 2.45) is 4.99 Å². The molecule has 44 heavy (non-hydrogen) atoms. The lowest BCUT2D eigenvalue weighted by molar-refractivity contribution is -0.138. The number of thioether (sulfide) groups is 1. The third-order valence-corrected chi connectivity index (χ3v) is 9.58. The third kappa shape index (κ3) is 5.40. The molecule has 3 aromatic carbocycles. The predicted octanol–water partition coefficient (Wildman–Crippen LogP) is 6.37. The van der Waals surface area contributed by atoms with Gasteiger partial charge in [0, 0.05) is 27.5 Å². The second-order valence-corrected chi connectivity index (χ2v) is 12.6. The average Bonchev–Trinajstić information content (AvgIpc) is 3.50. The van der Waals surface area contributed by atoms with Gasteiger partial charge in [-0.25, -0.2) is 9.79 Å². The van der Waals surface area contributed by atoms with E-state index in [-0.39, 0.29) is 12.2 Å². The van der Waals surface area contributed by atoms with E-state index in [9.17, 15) is 9.59 Å². The van der Waals surface area contributed by atoms with E-state index in [1.807, 2.05) is 66.9 Å². The number of thiazole rings is 1. The fourth-order valence-corrected chi connectivity index (χ4v) is 7.11. The lowest BCUT2D eigenvalue weighted by atomic mass is 9.93. The number of rotatable bonds is 7. The summed E-state index contributed by atoms with van der Waals surface area (Å²) in [5.74, 6) is -0.482. The van der Waals surface area contributed by atoms with Gasteiger partial charge in [-0.15, -0.1) is 11.8 Å². The summed E-state index contributed by atoms with van der Waals surface area (Å²) in [6, 6.07) is 27.4. The van der Waals surface area contributed by atoms with E-state index in [0.29, 0.717) is 20.6 Å². The van der Waals surface area contributed by atoms with Gasteiger partial charge in [-0.1, -0.05) is 71.5 Å². The van der Waals surface area contributed by atoms with Crippen LogP contribution in [0.3, 0.4) is 0 Å². The minimum atomic E-state index is -0.696. The van der Waals surface area contributed by atoms with Gasteiger partial charge in [0.05, 0.1) is 28.5 Å². The number of nitrogens with zero attached hydrogens (tertiary/aromatic N) is 3. The molecule has 0 unspecified atom stereocenters. The molecule has 222 valence electrons. The molecule has 6 rings (SSSR count). The quantitative estimate of drug-likeness (QED) is 0.157. The molecular weight excluding hydrogens is 587 g/mol. The zero-order valence-electron chi connectivity index (χ0n) is 25.3. The van der Waals surface area contributed by atoms with Crippen LogP contribution in [0.1, 0.15) is 46.6 Å². The van der Waals surface area contributed by atoms with Crippen molar-refractivity contribution in [1.29, 1.82) is 0 Å². The Hall–Kier alpha value is -4.40. The van der Waals surface area contributed by atoms with Crippen molar-refractivity contribution in [3.8, 4) is 5.69 Å². The number of aromatic nitrogens is 2. The number of hydrogen-bond donors (Lipinski definition) is 0. The molecule has 0 spiro atoms.